The Kier molecular flexibility index (Phi) is 22.0. The maximum absolute atomic E-state index is 12.7. The largest absolute Gasteiger partial charge is 0.379 e. The van der Waals surface area contributed by atoms with Gasteiger partial charge in [-0.15, -0.1) is 5.10 Å². The van der Waals surface area contributed by atoms with E-state index in [1.54, 1.807) is 17.8 Å². The van der Waals surface area contributed by atoms with Gasteiger partial charge in [0.1, 0.15) is 5.69 Å². The lowest BCUT2D eigenvalue weighted by Crippen LogP contribution is -2.38. The molecule has 286 valence electrons. The molecule has 1 unspecified atom stereocenters. The Morgan fingerprint density at radius 1 is 0.740 bits per heavy atom. The Balaban J connectivity index is 1.05. The maximum atomic E-state index is 12.7. The van der Waals surface area contributed by atoms with Crippen molar-refractivity contribution in [2.24, 2.45) is 17.8 Å². The van der Waals surface area contributed by atoms with Gasteiger partial charge in [0.15, 0.2) is 0 Å². The van der Waals surface area contributed by atoms with E-state index in [0.717, 1.165) is 25.7 Å². The van der Waals surface area contributed by atoms with Gasteiger partial charge in [-0.2, -0.15) is 0 Å². The standard InChI is InChI=1S/C34H59N5O11/c1-3-43-10-11-45-14-15-47-18-19-49-22-23-50-21-20-48-17-16-46-13-12-44-9-8-38-27-31(36-37-38)25-35-33(41)30-6-4-29(5-7-30)26-39-32(40)24-28(2)34(39)42/h27-30H,3-26H2,1-2H3,(H,35,41). The Labute approximate surface area is 296 Å². The van der Waals surface area contributed by atoms with Gasteiger partial charge in [0.2, 0.25) is 17.7 Å². The summed E-state index contributed by atoms with van der Waals surface area (Å²) in [6.07, 6.45) is 5.27. The van der Waals surface area contributed by atoms with Crippen molar-refractivity contribution < 1.29 is 52.3 Å². The summed E-state index contributed by atoms with van der Waals surface area (Å²) >= 11 is 0. The lowest BCUT2D eigenvalue weighted by Gasteiger charge is -2.30. The van der Waals surface area contributed by atoms with Crippen molar-refractivity contribution in [3.63, 3.8) is 0 Å². The fraction of sp³-hybridized carbons (Fsp3) is 0.853. The second-order valence-electron chi connectivity index (χ2n) is 12.3. The number of imide groups is 1. The van der Waals surface area contributed by atoms with Crippen LogP contribution in [-0.4, -0.2) is 150 Å². The first kappa shape index (κ1) is 41.8. The van der Waals surface area contributed by atoms with Crippen LogP contribution in [0.4, 0.5) is 0 Å². The average Bonchev–Trinajstić information content (AvgIpc) is 3.68. The molecule has 2 heterocycles. The lowest BCUT2D eigenvalue weighted by atomic mass is 9.81. The molecule has 1 aromatic rings. The topological polar surface area (TPSA) is 171 Å². The number of aromatic nitrogens is 3. The number of hydrogen-bond acceptors (Lipinski definition) is 13. The van der Waals surface area contributed by atoms with Crippen molar-refractivity contribution in [3.05, 3.63) is 11.9 Å². The molecular weight excluding hydrogens is 654 g/mol. The van der Waals surface area contributed by atoms with E-state index in [0.29, 0.717) is 137 Å². The summed E-state index contributed by atoms with van der Waals surface area (Å²) in [7, 11) is 0. The number of nitrogens with one attached hydrogen (secondary N) is 1. The molecule has 0 aromatic carbocycles. The molecule has 16 nitrogen and oxygen atoms in total. The van der Waals surface area contributed by atoms with Gasteiger partial charge in [-0.05, 0) is 38.5 Å². The van der Waals surface area contributed by atoms with Crippen LogP contribution in [-0.2, 0) is 65.4 Å². The summed E-state index contributed by atoms with van der Waals surface area (Å²) in [6.45, 7) is 13.4. The Bertz CT molecular complexity index is 1070. The fourth-order valence-electron chi connectivity index (χ4n) is 5.60. The smallest absolute Gasteiger partial charge is 0.232 e. The van der Waals surface area contributed by atoms with Gasteiger partial charge in [-0.3, -0.25) is 19.3 Å². The number of hydrogen-bond donors (Lipinski definition) is 1. The number of likely N-dealkylation sites (tertiary alicyclic amines) is 1. The highest BCUT2D eigenvalue weighted by Crippen LogP contribution is 2.31. The van der Waals surface area contributed by atoms with Gasteiger partial charge in [-0.25, -0.2) is 4.68 Å². The van der Waals surface area contributed by atoms with E-state index in [9.17, 15) is 14.4 Å². The number of rotatable bonds is 30. The highest BCUT2D eigenvalue weighted by molar-refractivity contribution is 6.03. The summed E-state index contributed by atoms with van der Waals surface area (Å²) in [5.74, 6) is -0.152. The molecule has 2 aliphatic rings. The molecule has 1 aromatic heterocycles. The van der Waals surface area contributed by atoms with Crippen LogP contribution in [0.15, 0.2) is 6.20 Å². The van der Waals surface area contributed by atoms with Crippen LogP contribution in [0, 0.1) is 17.8 Å². The minimum Gasteiger partial charge on any atom is -0.379 e. The molecule has 16 heteroatoms. The van der Waals surface area contributed by atoms with Crippen molar-refractivity contribution in [3.8, 4) is 0 Å². The normalized spacial score (nSPS) is 19.5. The first-order chi connectivity index (χ1) is 24.5. The molecule has 1 saturated carbocycles. The zero-order valence-corrected chi connectivity index (χ0v) is 30.1. The molecule has 0 spiro atoms. The predicted octanol–water partition coefficient (Wildman–Crippen LogP) is 1.25. The number of ether oxygens (including phenoxy) is 8. The number of amides is 3. The van der Waals surface area contributed by atoms with E-state index in [1.807, 2.05) is 6.92 Å². The molecule has 2 fully saturated rings. The van der Waals surface area contributed by atoms with Gasteiger partial charge in [0.25, 0.3) is 0 Å². The second kappa shape index (κ2) is 26.2. The molecule has 1 saturated heterocycles. The predicted molar refractivity (Wildman–Crippen MR) is 180 cm³/mol. The molecule has 3 amide bonds. The van der Waals surface area contributed by atoms with E-state index in [-0.39, 0.29) is 35.5 Å². The lowest BCUT2D eigenvalue weighted by molar-refractivity contribution is -0.140. The molecule has 0 bridgehead atoms. The van der Waals surface area contributed by atoms with Gasteiger partial charge >= 0.3 is 0 Å². The highest BCUT2D eigenvalue weighted by atomic mass is 16.6. The van der Waals surface area contributed by atoms with Gasteiger partial charge in [-0.1, -0.05) is 12.1 Å². The summed E-state index contributed by atoms with van der Waals surface area (Å²) in [4.78, 5) is 38.4. The zero-order valence-electron chi connectivity index (χ0n) is 30.1. The zero-order chi connectivity index (χ0) is 35.7. The monoisotopic (exact) mass is 713 g/mol. The van der Waals surface area contributed by atoms with Gasteiger partial charge in [0.05, 0.1) is 118 Å². The van der Waals surface area contributed by atoms with E-state index in [2.05, 4.69) is 15.6 Å². The number of carbonyl (C=O) groups excluding carboxylic acids is 3. The van der Waals surface area contributed by atoms with E-state index >= 15 is 0 Å². The minimum atomic E-state index is -0.215. The van der Waals surface area contributed by atoms with E-state index < -0.39 is 0 Å². The molecular formula is C34H59N5O11. The molecule has 50 heavy (non-hydrogen) atoms. The third kappa shape index (κ3) is 17.6. The van der Waals surface area contributed by atoms with Crippen LogP contribution in [0.5, 0.6) is 0 Å². The maximum Gasteiger partial charge on any atom is 0.232 e. The Hall–Kier alpha value is -2.57. The van der Waals surface area contributed by atoms with Crippen LogP contribution in [0.3, 0.4) is 0 Å². The Morgan fingerprint density at radius 3 is 1.68 bits per heavy atom. The molecule has 3 rings (SSSR count). The van der Waals surface area contributed by atoms with Crippen LogP contribution in [0.1, 0.15) is 51.6 Å². The molecule has 0 radical (unpaired) electrons. The van der Waals surface area contributed by atoms with E-state index in [4.69, 9.17) is 37.9 Å². The van der Waals surface area contributed by atoms with Crippen LogP contribution < -0.4 is 5.32 Å². The summed E-state index contributed by atoms with van der Waals surface area (Å²) < 4.78 is 45.3. The van der Waals surface area contributed by atoms with Crippen molar-refractivity contribution in [1.29, 1.82) is 0 Å². The quantitative estimate of drug-likeness (QED) is 0.0894. The van der Waals surface area contributed by atoms with Crippen LogP contribution >= 0.6 is 0 Å². The second-order valence-corrected chi connectivity index (χ2v) is 12.3. The van der Waals surface area contributed by atoms with E-state index in [1.165, 1.54) is 4.90 Å². The minimum absolute atomic E-state index is 0.00743. The number of carbonyl (C=O) groups is 3. The highest BCUT2D eigenvalue weighted by Gasteiger charge is 2.37. The molecule has 1 atom stereocenters. The summed E-state index contributed by atoms with van der Waals surface area (Å²) in [5.41, 5.74) is 0.682. The van der Waals surface area contributed by atoms with Crippen molar-refractivity contribution >= 4 is 17.7 Å². The Morgan fingerprint density at radius 2 is 1.22 bits per heavy atom. The first-order valence-corrected chi connectivity index (χ1v) is 18.1. The van der Waals surface area contributed by atoms with Crippen LogP contribution in [0.2, 0.25) is 0 Å². The summed E-state index contributed by atoms with van der Waals surface area (Å²) in [6, 6.07) is 0. The number of nitrogens with zero attached hydrogens (tertiary/aromatic N) is 4. The fourth-order valence-corrected chi connectivity index (χ4v) is 5.60. The summed E-state index contributed by atoms with van der Waals surface area (Å²) in [5, 5.41) is 11.2. The van der Waals surface area contributed by atoms with Gasteiger partial charge in [0, 0.05) is 31.4 Å². The van der Waals surface area contributed by atoms with Gasteiger partial charge < -0.3 is 43.2 Å². The molecule has 1 aliphatic carbocycles. The van der Waals surface area contributed by atoms with Crippen molar-refractivity contribution in [2.75, 3.05) is 112 Å². The third-order valence-electron chi connectivity index (χ3n) is 8.43. The van der Waals surface area contributed by atoms with Crippen molar-refractivity contribution in [1.82, 2.24) is 25.2 Å². The third-order valence-corrected chi connectivity index (χ3v) is 8.43. The SMILES string of the molecule is CCOCCOCCOCCOCCOCCOCCOCCOCCn1cc(CNC(=O)C2CCC(CN3C(=O)CC(C)C3=O)CC2)nn1. The molecule has 1 aliphatic heterocycles. The van der Waals surface area contributed by atoms with Crippen molar-refractivity contribution in [2.45, 2.75) is 59.0 Å². The molecule has 1 N–H and O–H groups in total. The first-order valence-electron chi connectivity index (χ1n) is 18.1. The van der Waals surface area contributed by atoms with Crippen LogP contribution in [0.25, 0.3) is 0 Å². The average molecular weight is 714 g/mol.